The number of nitrogens with one attached hydrogen (secondary N) is 2. The summed E-state index contributed by atoms with van der Waals surface area (Å²) in [5.41, 5.74) is 5.94. The maximum absolute atomic E-state index is 11.7. The first-order chi connectivity index (χ1) is 18.1. The minimum absolute atomic E-state index is 0.0208. The van der Waals surface area contributed by atoms with Gasteiger partial charge in [-0.2, -0.15) is 0 Å². The van der Waals surface area contributed by atoms with Gasteiger partial charge >= 0.3 is 0 Å². The molecule has 0 radical (unpaired) electrons. The predicted octanol–water partition coefficient (Wildman–Crippen LogP) is 4.75. The highest BCUT2D eigenvalue weighted by atomic mass is 16.5. The highest BCUT2D eigenvalue weighted by molar-refractivity contribution is 5.93. The van der Waals surface area contributed by atoms with Crippen LogP contribution in [-0.4, -0.2) is 37.0 Å². The van der Waals surface area contributed by atoms with Gasteiger partial charge in [0.25, 0.3) is 0 Å². The normalized spacial score (nSPS) is 16.6. The number of aromatic amines is 1. The average molecular weight is 493 g/mol. The van der Waals surface area contributed by atoms with Gasteiger partial charge < -0.3 is 24.3 Å². The molecule has 1 atom stereocenters. The number of amides is 1. The number of hydrogen-bond acceptors (Lipinski definition) is 6. The van der Waals surface area contributed by atoms with Crippen LogP contribution in [0.15, 0.2) is 61.2 Å². The zero-order valence-electron chi connectivity index (χ0n) is 20.2. The molecule has 37 heavy (non-hydrogen) atoms. The SMILES string of the molecule is Cn1cnc2cc(-c3c[nH]c(C4COc5ccc(Oc6ccnc7c6CCC(=O)N7)cc5C4)n3)ccc21. The topological polar surface area (TPSA) is 107 Å². The summed E-state index contributed by atoms with van der Waals surface area (Å²) in [5.74, 6) is 3.83. The van der Waals surface area contributed by atoms with E-state index in [1.165, 1.54) is 0 Å². The van der Waals surface area contributed by atoms with Crippen LogP contribution in [0.25, 0.3) is 22.3 Å². The van der Waals surface area contributed by atoms with E-state index >= 15 is 0 Å². The van der Waals surface area contributed by atoms with Crippen molar-refractivity contribution in [3.05, 3.63) is 78.1 Å². The summed E-state index contributed by atoms with van der Waals surface area (Å²) in [6.45, 7) is 0.553. The largest absolute Gasteiger partial charge is 0.493 e. The van der Waals surface area contributed by atoms with E-state index in [9.17, 15) is 4.79 Å². The van der Waals surface area contributed by atoms with Crippen LogP contribution < -0.4 is 14.8 Å². The summed E-state index contributed by atoms with van der Waals surface area (Å²) in [5, 5.41) is 2.82. The molecular weight excluding hydrogens is 468 g/mol. The van der Waals surface area contributed by atoms with E-state index in [0.29, 0.717) is 31.0 Å². The third-order valence-corrected chi connectivity index (χ3v) is 7.04. The Kier molecular flexibility index (Phi) is 4.95. The average Bonchev–Trinajstić information content (AvgIpc) is 3.55. The molecule has 7 rings (SSSR count). The quantitative estimate of drug-likeness (QED) is 0.375. The number of imidazole rings is 2. The van der Waals surface area contributed by atoms with Crippen molar-refractivity contribution in [1.29, 1.82) is 0 Å². The lowest BCUT2D eigenvalue weighted by molar-refractivity contribution is -0.116. The highest BCUT2D eigenvalue weighted by Gasteiger charge is 2.25. The van der Waals surface area contributed by atoms with E-state index in [-0.39, 0.29) is 11.8 Å². The molecule has 0 saturated heterocycles. The van der Waals surface area contributed by atoms with Crippen molar-refractivity contribution in [3.8, 4) is 28.5 Å². The molecule has 184 valence electrons. The lowest BCUT2D eigenvalue weighted by Gasteiger charge is -2.25. The van der Waals surface area contributed by atoms with E-state index in [2.05, 4.69) is 38.5 Å². The molecule has 0 spiro atoms. The van der Waals surface area contributed by atoms with Crippen molar-refractivity contribution in [1.82, 2.24) is 24.5 Å². The summed E-state index contributed by atoms with van der Waals surface area (Å²) in [4.78, 5) is 28.7. The van der Waals surface area contributed by atoms with Crippen molar-refractivity contribution in [2.24, 2.45) is 7.05 Å². The fraction of sp³-hybridized carbons (Fsp3) is 0.214. The molecule has 1 amide bonds. The Morgan fingerprint density at radius 1 is 1.11 bits per heavy atom. The third-order valence-electron chi connectivity index (χ3n) is 7.04. The van der Waals surface area contributed by atoms with E-state index in [1.807, 2.05) is 48.4 Å². The number of anilines is 1. The molecule has 9 nitrogen and oxygen atoms in total. The van der Waals surface area contributed by atoms with Gasteiger partial charge in [0, 0.05) is 37.0 Å². The zero-order valence-corrected chi connectivity index (χ0v) is 20.2. The molecule has 1 unspecified atom stereocenters. The summed E-state index contributed by atoms with van der Waals surface area (Å²) in [6.07, 6.45) is 7.23. The fourth-order valence-corrected chi connectivity index (χ4v) is 5.08. The second-order valence-electron chi connectivity index (χ2n) is 9.50. The van der Waals surface area contributed by atoms with Gasteiger partial charge in [0.05, 0.1) is 35.6 Å². The van der Waals surface area contributed by atoms with Gasteiger partial charge in [-0.3, -0.25) is 4.79 Å². The number of fused-ring (bicyclic) bond motifs is 3. The lowest BCUT2D eigenvalue weighted by atomic mass is 9.96. The highest BCUT2D eigenvalue weighted by Crippen LogP contribution is 2.37. The van der Waals surface area contributed by atoms with E-state index < -0.39 is 0 Å². The Hall–Kier alpha value is -4.66. The number of benzene rings is 2. The predicted molar refractivity (Wildman–Crippen MR) is 138 cm³/mol. The number of ether oxygens (including phenoxy) is 2. The maximum Gasteiger partial charge on any atom is 0.225 e. The van der Waals surface area contributed by atoms with Crippen molar-refractivity contribution in [3.63, 3.8) is 0 Å². The first-order valence-electron chi connectivity index (χ1n) is 12.3. The molecule has 0 bridgehead atoms. The van der Waals surface area contributed by atoms with Crippen molar-refractivity contribution >= 4 is 22.8 Å². The summed E-state index contributed by atoms with van der Waals surface area (Å²) in [7, 11) is 1.99. The van der Waals surface area contributed by atoms with Crippen LogP contribution in [0.5, 0.6) is 17.2 Å². The van der Waals surface area contributed by atoms with Crippen molar-refractivity contribution in [2.45, 2.75) is 25.2 Å². The molecule has 2 N–H and O–H groups in total. The van der Waals surface area contributed by atoms with Crippen molar-refractivity contribution < 1.29 is 14.3 Å². The summed E-state index contributed by atoms with van der Waals surface area (Å²) in [6, 6.07) is 13.9. The minimum Gasteiger partial charge on any atom is -0.493 e. The first-order valence-corrected chi connectivity index (χ1v) is 12.3. The molecule has 3 aromatic heterocycles. The number of pyridine rings is 1. The minimum atomic E-state index is -0.0208. The summed E-state index contributed by atoms with van der Waals surface area (Å²) >= 11 is 0. The molecule has 2 aliphatic rings. The number of hydrogen-bond donors (Lipinski definition) is 2. The second kappa shape index (κ2) is 8.48. The lowest BCUT2D eigenvalue weighted by Crippen LogP contribution is -2.20. The Morgan fingerprint density at radius 3 is 3.00 bits per heavy atom. The maximum atomic E-state index is 11.7. The Morgan fingerprint density at radius 2 is 2.05 bits per heavy atom. The second-order valence-corrected chi connectivity index (χ2v) is 9.50. The van der Waals surface area contributed by atoms with Gasteiger partial charge in [-0.1, -0.05) is 6.07 Å². The molecule has 0 aliphatic carbocycles. The standard InChI is InChI=1S/C28H24N6O3/c1-34-15-31-21-12-16(2-5-23(21)34)22-13-30-27(32-22)18-10-17-11-19(3-6-24(17)36-14-18)37-25-8-9-29-28-20(25)4-7-26(35)33-28/h2-3,5-6,8-9,11-13,15,18H,4,7,10,14H2,1H3,(H,30,32)(H,29,33,35). The molecule has 5 aromatic rings. The van der Waals surface area contributed by atoms with Crippen LogP contribution >= 0.6 is 0 Å². The third kappa shape index (κ3) is 3.88. The molecule has 0 saturated carbocycles. The van der Waals surface area contributed by atoms with Crippen LogP contribution in [0.4, 0.5) is 5.82 Å². The monoisotopic (exact) mass is 492 g/mol. The summed E-state index contributed by atoms with van der Waals surface area (Å²) < 4.78 is 14.3. The molecule has 9 heteroatoms. The van der Waals surface area contributed by atoms with Crippen LogP contribution in [0.1, 0.15) is 29.3 Å². The van der Waals surface area contributed by atoms with Gasteiger partial charge in [-0.05, 0) is 54.8 Å². The first kappa shape index (κ1) is 21.6. The number of carbonyl (C=O) groups excluding carboxylic acids is 1. The smallest absolute Gasteiger partial charge is 0.225 e. The van der Waals surface area contributed by atoms with Gasteiger partial charge in [0.15, 0.2) is 0 Å². The Labute approximate surface area is 212 Å². The van der Waals surface area contributed by atoms with E-state index in [0.717, 1.165) is 57.2 Å². The molecule has 2 aromatic carbocycles. The van der Waals surface area contributed by atoms with Crippen LogP contribution in [0, 0.1) is 0 Å². The Bertz CT molecular complexity index is 1670. The number of rotatable bonds is 4. The number of H-pyrrole nitrogens is 1. The molecule has 0 fully saturated rings. The fourth-order valence-electron chi connectivity index (χ4n) is 5.08. The van der Waals surface area contributed by atoms with E-state index in [4.69, 9.17) is 14.5 Å². The zero-order chi connectivity index (χ0) is 24.9. The van der Waals surface area contributed by atoms with Gasteiger partial charge in [-0.15, -0.1) is 0 Å². The number of carbonyl (C=O) groups is 1. The molecule has 5 heterocycles. The number of aryl methyl sites for hydroxylation is 1. The van der Waals surface area contributed by atoms with Crippen LogP contribution in [0.2, 0.25) is 0 Å². The van der Waals surface area contributed by atoms with E-state index in [1.54, 1.807) is 6.20 Å². The van der Waals surface area contributed by atoms with Crippen LogP contribution in [0.3, 0.4) is 0 Å². The number of aromatic nitrogens is 5. The van der Waals surface area contributed by atoms with Gasteiger partial charge in [0.1, 0.15) is 28.9 Å². The molecule has 2 aliphatic heterocycles. The van der Waals surface area contributed by atoms with Crippen molar-refractivity contribution in [2.75, 3.05) is 11.9 Å². The van der Waals surface area contributed by atoms with Gasteiger partial charge in [-0.25, -0.2) is 15.0 Å². The van der Waals surface area contributed by atoms with Crippen LogP contribution in [-0.2, 0) is 24.7 Å². The molecular formula is C28H24N6O3. The Balaban J connectivity index is 1.12. The van der Waals surface area contributed by atoms with Gasteiger partial charge in [0.2, 0.25) is 5.91 Å². The number of nitrogens with zero attached hydrogens (tertiary/aromatic N) is 4.